The summed E-state index contributed by atoms with van der Waals surface area (Å²) in [6.45, 7) is -1.67. The maximum absolute atomic E-state index is 13.8. The second-order valence-corrected chi connectivity index (χ2v) is 12.8. The van der Waals surface area contributed by atoms with Gasteiger partial charge >= 0.3 is 5.97 Å². The van der Waals surface area contributed by atoms with Crippen LogP contribution in [0.2, 0.25) is 0 Å². The van der Waals surface area contributed by atoms with Gasteiger partial charge in [-0.1, -0.05) is 6.07 Å². The Hall–Kier alpha value is -5.68. The normalized spacial score (nSPS) is 28.0. The first kappa shape index (κ1) is 40.0. The lowest BCUT2D eigenvalue weighted by Crippen LogP contribution is -2.65. The molecule has 0 amide bonds. The number of esters is 1. The fourth-order valence-corrected chi connectivity index (χ4v) is 6.00. The molecule has 1 aromatic heterocycles. The molecule has 10 atom stereocenters. The zero-order chi connectivity index (χ0) is 40.6. The summed E-state index contributed by atoms with van der Waals surface area (Å²) in [5, 5.41) is 123. The first-order valence-electron chi connectivity index (χ1n) is 16.6. The molecule has 0 saturated carbocycles. The Kier molecular flexibility index (Phi) is 11.6. The molecule has 0 aliphatic carbocycles. The molecule has 3 aromatic carbocycles. The van der Waals surface area contributed by atoms with Gasteiger partial charge in [-0.05, 0) is 42.0 Å². The van der Waals surface area contributed by atoms with Gasteiger partial charge in [0.1, 0.15) is 77.9 Å². The maximum Gasteiger partial charge on any atom is 0.330 e. The van der Waals surface area contributed by atoms with Crippen molar-refractivity contribution in [3.8, 4) is 51.6 Å². The quantitative estimate of drug-likeness (QED) is 0.0519. The van der Waals surface area contributed by atoms with Gasteiger partial charge in [0, 0.05) is 23.8 Å². The molecule has 3 heterocycles. The molecule has 0 bridgehead atoms. The van der Waals surface area contributed by atoms with E-state index in [1.54, 1.807) is 0 Å². The minimum atomic E-state index is -2.13. The van der Waals surface area contributed by atoms with Gasteiger partial charge in [0.15, 0.2) is 35.0 Å². The molecule has 2 aliphatic heterocycles. The average Bonchev–Trinajstić information content (AvgIpc) is 3.15. The summed E-state index contributed by atoms with van der Waals surface area (Å²) in [5.41, 5.74) is -1.23. The highest BCUT2D eigenvalue weighted by Gasteiger charge is 2.52. The largest absolute Gasteiger partial charge is 0.508 e. The minimum Gasteiger partial charge on any atom is -0.508 e. The molecule has 0 radical (unpaired) electrons. The Morgan fingerprint density at radius 2 is 1.39 bits per heavy atom. The number of phenols is 6. The zero-order valence-corrected chi connectivity index (χ0v) is 28.6. The highest BCUT2D eigenvalue weighted by atomic mass is 16.7. The third-order valence-corrected chi connectivity index (χ3v) is 8.97. The lowest BCUT2D eigenvalue weighted by molar-refractivity contribution is -0.353. The van der Waals surface area contributed by atoms with Gasteiger partial charge in [-0.25, -0.2) is 4.79 Å². The van der Waals surface area contributed by atoms with Crippen LogP contribution >= 0.6 is 0 Å². The number of hydrogen-bond donors (Lipinski definition) is 12. The van der Waals surface area contributed by atoms with Crippen LogP contribution in [0.4, 0.5) is 0 Å². The molecule has 10 unspecified atom stereocenters. The van der Waals surface area contributed by atoms with E-state index in [0.717, 1.165) is 36.4 Å². The van der Waals surface area contributed by atoms with E-state index in [4.69, 9.17) is 28.1 Å². The monoisotopic (exact) mass is 788 g/mol. The smallest absolute Gasteiger partial charge is 0.330 e. The van der Waals surface area contributed by atoms with Crippen molar-refractivity contribution in [2.75, 3.05) is 13.2 Å². The summed E-state index contributed by atoms with van der Waals surface area (Å²) in [6.07, 6.45) is -16.9. The van der Waals surface area contributed by atoms with Crippen LogP contribution < -0.4 is 10.2 Å². The van der Waals surface area contributed by atoms with Crippen LogP contribution in [0.15, 0.2) is 63.8 Å². The highest BCUT2D eigenvalue weighted by molar-refractivity contribution is 5.88. The lowest BCUT2D eigenvalue weighted by Gasteiger charge is -2.45. The third kappa shape index (κ3) is 8.00. The van der Waals surface area contributed by atoms with Gasteiger partial charge in [-0.3, -0.25) is 4.79 Å². The number of hydrogen-bond acceptors (Lipinski definition) is 20. The Morgan fingerprint density at radius 1 is 0.714 bits per heavy atom. The number of ether oxygens (including phenoxy) is 5. The van der Waals surface area contributed by atoms with Gasteiger partial charge in [0.25, 0.3) is 0 Å². The van der Waals surface area contributed by atoms with Crippen LogP contribution in [0.25, 0.3) is 28.4 Å². The van der Waals surface area contributed by atoms with Crippen molar-refractivity contribution in [3.05, 3.63) is 70.4 Å². The molecule has 6 rings (SSSR count). The summed E-state index contributed by atoms with van der Waals surface area (Å²) in [6, 6.07) is 8.78. The highest BCUT2D eigenvalue weighted by Crippen LogP contribution is 2.40. The maximum atomic E-state index is 13.8. The second kappa shape index (κ2) is 16.2. The molecule has 12 N–H and O–H groups in total. The van der Waals surface area contributed by atoms with Gasteiger partial charge in [-0.2, -0.15) is 0 Å². The van der Waals surface area contributed by atoms with Crippen LogP contribution in [-0.4, -0.2) is 142 Å². The number of fused-ring (bicyclic) bond motifs is 1. The molecule has 2 saturated heterocycles. The van der Waals surface area contributed by atoms with E-state index in [9.17, 15) is 70.9 Å². The van der Waals surface area contributed by atoms with E-state index in [0.29, 0.717) is 5.56 Å². The van der Waals surface area contributed by atoms with Crippen LogP contribution in [0.3, 0.4) is 0 Å². The zero-order valence-electron chi connectivity index (χ0n) is 28.6. The average molecular weight is 789 g/mol. The lowest BCUT2D eigenvalue weighted by atomic mass is 9.97. The third-order valence-electron chi connectivity index (χ3n) is 8.97. The molecule has 0 spiro atoms. The molecular formula is C36H36O20. The fraction of sp³-hybridized carbons (Fsp3) is 0.333. The van der Waals surface area contributed by atoms with E-state index in [1.807, 2.05) is 0 Å². The predicted molar refractivity (Wildman–Crippen MR) is 184 cm³/mol. The summed E-state index contributed by atoms with van der Waals surface area (Å²) >= 11 is 0. The summed E-state index contributed by atoms with van der Waals surface area (Å²) in [5.74, 6) is -5.49. The topological polar surface area (TPSA) is 336 Å². The molecule has 300 valence electrons. The standard InChI is InChI=1S/C36H36O20/c37-11-22-27(46)33(55-35-30(49)29(48)26(45)23(54-35)12-51-24(44)6-2-13-1-4-16(39)18(41)7-13)31(50)36(53-22)56-34-28(47)25-20(43)9-15(38)10-21(25)52-32(34)14-3-5-17(40)19(42)8-14/h1-10,22-23,26-27,29-31,33,35-43,45-46,48-50H,11-12H2. The second-order valence-electron chi connectivity index (χ2n) is 12.8. The predicted octanol–water partition coefficient (Wildman–Crippen LogP) is -1.04. The first-order valence-corrected chi connectivity index (χ1v) is 16.6. The number of carbonyl (C=O) groups is 1. The van der Waals surface area contributed by atoms with E-state index in [1.165, 1.54) is 24.3 Å². The van der Waals surface area contributed by atoms with Crippen LogP contribution in [0.5, 0.6) is 40.2 Å². The molecule has 4 aromatic rings. The van der Waals surface area contributed by atoms with Crippen molar-refractivity contribution >= 4 is 23.0 Å². The van der Waals surface area contributed by atoms with Gasteiger partial charge in [0.2, 0.25) is 17.5 Å². The van der Waals surface area contributed by atoms with Gasteiger partial charge in [0.05, 0.1) is 6.61 Å². The SMILES string of the molecule is O=C(C=Cc1ccc(O)c(O)c1)OCC1OC(OC2C(O)C(CO)OC(Oc3c(-c4ccc(O)c(O)c4)oc4cc(O)cc(O)c4c3=O)C2O)C(O)C(O)C1O. The number of benzene rings is 3. The number of aromatic hydroxyl groups is 6. The van der Waals surface area contributed by atoms with Crippen molar-refractivity contribution in [1.82, 2.24) is 0 Å². The molecule has 20 heteroatoms. The fourth-order valence-electron chi connectivity index (χ4n) is 6.00. The van der Waals surface area contributed by atoms with E-state index in [-0.39, 0.29) is 16.9 Å². The first-order chi connectivity index (χ1) is 26.6. The Bertz CT molecular complexity index is 2170. The van der Waals surface area contributed by atoms with Crippen molar-refractivity contribution in [2.45, 2.75) is 61.4 Å². The van der Waals surface area contributed by atoms with Gasteiger partial charge < -0.3 is 89.4 Å². The van der Waals surface area contributed by atoms with E-state index >= 15 is 0 Å². The number of phenolic OH excluding ortho intramolecular Hbond substituents is 6. The van der Waals surface area contributed by atoms with Crippen molar-refractivity contribution in [2.24, 2.45) is 0 Å². The summed E-state index contributed by atoms with van der Waals surface area (Å²) < 4.78 is 33.4. The minimum absolute atomic E-state index is 0.0952. The van der Waals surface area contributed by atoms with Crippen molar-refractivity contribution in [1.29, 1.82) is 0 Å². The number of rotatable bonds is 10. The van der Waals surface area contributed by atoms with Gasteiger partial charge in [-0.15, -0.1) is 0 Å². The Morgan fingerprint density at radius 3 is 2.07 bits per heavy atom. The Labute approximate surface area is 313 Å². The van der Waals surface area contributed by atoms with E-state index < -0.39 is 132 Å². The Balaban J connectivity index is 1.24. The number of carbonyl (C=O) groups excluding carboxylic acids is 1. The van der Waals surface area contributed by atoms with Crippen LogP contribution in [0.1, 0.15) is 5.56 Å². The van der Waals surface area contributed by atoms with Crippen LogP contribution in [0, 0.1) is 0 Å². The van der Waals surface area contributed by atoms with Crippen molar-refractivity contribution in [3.63, 3.8) is 0 Å². The number of aliphatic hydroxyl groups excluding tert-OH is 6. The molecule has 2 fully saturated rings. The van der Waals surface area contributed by atoms with E-state index in [2.05, 4.69) is 0 Å². The molecule has 2 aliphatic rings. The molecule has 20 nitrogen and oxygen atoms in total. The summed E-state index contributed by atoms with van der Waals surface area (Å²) in [4.78, 5) is 26.2. The molecule has 56 heavy (non-hydrogen) atoms. The van der Waals surface area contributed by atoms with Crippen molar-refractivity contribution < 1.29 is 94.2 Å². The summed E-state index contributed by atoms with van der Waals surface area (Å²) in [7, 11) is 0. The van der Waals surface area contributed by atoms with Crippen LogP contribution in [-0.2, 0) is 23.7 Å². The number of aliphatic hydroxyl groups is 6. The molecular weight excluding hydrogens is 752 g/mol.